The van der Waals surface area contributed by atoms with Crippen molar-refractivity contribution in [1.29, 1.82) is 0 Å². The molecule has 2 nitrogen and oxygen atoms in total. The van der Waals surface area contributed by atoms with E-state index in [0.29, 0.717) is 6.04 Å². The molecular formula is C11H15FN2. The van der Waals surface area contributed by atoms with Crippen LogP contribution in [0, 0.1) is 5.82 Å². The Morgan fingerprint density at radius 1 is 1.21 bits per heavy atom. The second kappa shape index (κ2) is 3.96. The van der Waals surface area contributed by atoms with Gasteiger partial charge in [0.05, 0.1) is 0 Å². The van der Waals surface area contributed by atoms with Gasteiger partial charge < -0.3 is 11.1 Å². The lowest BCUT2D eigenvalue weighted by atomic mass is 10.2. The maximum Gasteiger partial charge on any atom is 0.123 e. The van der Waals surface area contributed by atoms with Gasteiger partial charge in [0.15, 0.2) is 0 Å². The molecule has 1 aromatic rings. The van der Waals surface area contributed by atoms with Crippen molar-refractivity contribution in [1.82, 2.24) is 0 Å². The second-order valence-electron chi connectivity index (χ2n) is 3.85. The highest BCUT2D eigenvalue weighted by Crippen LogP contribution is 2.21. The van der Waals surface area contributed by atoms with Crippen LogP contribution in [0.25, 0.3) is 0 Å². The van der Waals surface area contributed by atoms with Crippen LogP contribution < -0.4 is 11.1 Å². The molecule has 2 rings (SSSR count). The molecule has 1 fully saturated rings. The van der Waals surface area contributed by atoms with E-state index in [-0.39, 0.29) is 11.9 Å². The first kappa shape index (κ1) is 9.46. The van der Waals surface area contributed by atoms with Gasteiger partial charge in [0.25, 0.3) is 0 Å². The minimum atomic E-state index is -0.203. The smallest absolute Gasteiger partial charge is 0.123 e. The minimum absolute atomic E-state index is 0.203. The van der Waals surface area contributed by atoms with Crippen LogP contribution in [-0.2, 0) is 0 Å². The summed E-state index contributed by atoms with van der Waals surface area (Å²) in [6, 6.07) is 7.01. The third-order valence-electron chi connectivity index (χ3n) is 2.77. The van der Waals surface area contributed by atoms with Gasteiger partial charge >= 0.3 is 0 Å². The van der Waals surface area contributed by atoms with Gasteiger partial charge in [-0.3, -0.25) is 0 Å². The summed E-state index contributed by atoms with van der Waals surface area (Å²) in [5, 5.41) is 3.33. The fourth-order valence-electron chi connectivity index (χ4n) is 1.93. The number of hydrogen-bond acceptors (Lipinski definition) is 2. The zero-order chi connectivity index (χ0) is 9.97. The Labute approximate surface area is 83.3 Å². The molecule has 76 valence electrons. The van der Waals surface area contributed by atoms with Crippen molar-refractivity contribution in [3.63, 3.8) is 0 Å². The molecule has 0 radical (unpaired) electrons. The molecule has 0 bridgehead atoms. The van der Waals surface area contributed by atoms with Gasteiger partial charge in [-0.25, -0.2) is 4.39 Å². The predicted octanol–water partition coefficient (Wildman–Crippen LogP) is 2.12. The summed E-state index contributed by atoms with van der Waals surface area (Å²) in [7, 11) is 0. The second-order valence-corrected chi connectivity index (χ2v) is 3.85. The minimum Gasteiger partial charge on any atom is -0.381 e. The summed E-state index contributed by atoms with van der Waals surface area (Å²) < 4.78 is 12.6. The molecule has 1 aliphatic rings. The third kappa shape index (κ3) is 2.04. The van der Waals surface area contributed by atoms with Gasteiger partial charge in [0.1, 0.15) is 5.82 Å². The maximum atomic E-state index is 12.6. The molecule has 0 spiro atoms. The summed E-state index contributed by atoms with van der Waals surface area (Å²) in [6.07, 6.45) is 3.37. The van der Waals surface area contributed by atoms with Crippen LogP contribution in [0.4, 0.5) is 10.1 Å². The zero-order valence-corrected chi connectivity index (χ0v) is 8.04. The van der Waals surface area contributed by atoms with Gasteiger partial charge in [0, 0.05) is 17.8 Å². The lowest BCUT2D eigenvalue weighted by Crippen LogP contribution is -2.35. The Kier molecular flexibility index (Phi) is 2.68. The normalized spacial score (nSPS) is 26.4. The summed E-state index contributed by atoms with van der Waals surface area (Å²) >= 11 is 0. The standard InChI is InChI=1S/C11H15FN2/c12-8-4-6-9(7-5-8)14-11-3-1-2-10(11)13/h4-7,10-11,14H,1-3,13H2/t10-,11-/m0/s1. The van der Waals surface area contributed by atoms with Gasteiger partial charge in [-0.1, -0.05) is 0 Å². The van der Waals surface area contributed by atoms with E-state index in [0.717, 1.165) is 18.5 Å². The molecule has 1 aliphatic carbocycles. The van der Waals surface area contributed by atoms with E-state index in [2.05, 4.69) is 5.32 Å². The van der Waals surface area contributed by atoms with Crippen molar-refractivity contribution in [2.45, 2.75) is 31.3 Å². The topological polar surface area (TPSA) is 38.0 Å². The average molecular weight is 194 g/mol. The number of benzene rings is 1. The summed E-state index contributed by atoms with van der Waals surface area (Å²) in [4.78, 5) is 0. The molecule has 0 aliphatic heterocycles. The number of anilines is 1. The highest BCUT2D eigenvalue weighted by atomic mass is 19.1. The number of rotatable bonds is 2. The summed E-state index contributed by atoms with van der Waals surface area (Å²) in [6.45, 7) is 0. The van der Waals surface area contributed by atoms with E-state index in [1.54, 1.807) is 12.1 Å². The van der Waals surface area contributed by atoms with Crippen LogP contribution in [0.3, 0.4) is 0 Å². The van der Waals surface area contributed by atoms with Crippen molar-refractivity contribution < 1.29 is 4.39 Å². The van der Waals surface area contributed by atoms with Gasteiger partial charge in [-0.15, -0.1) is 0 Å². The predicted molar refractivity (Wildman–Crippen MR) is 55.6 cm³/mol. The van der Waals surface area contributed by atoms with Crippen molar-refractivity contribution in [2.75, 3.05) is 5.32 Å². The molecule has 3 heteroatoms. The fourth-order valence-corrected chi connectivity index (χ4v) is 1.93. The lowest BCUT2D eigenvalue weighted by Gasteiger charge is -2.18. The van der Waals surface area contributed by atoms with Crippen molar-refractivity contribution in [3.05, 3.63) is 30.1 Å². The number of nitrogens with one attached hydrogen (secondary N) is 1. The largest absolute Gasteiger partial charge is 0.381 e. The molecule has 14 heavy (non-hydrogen) atoms. The number of halogens is 1. The number of hydrogen-bond donors (Lipinski definition) is 2. The first-order chi connectivity index (χ1) is 6.75. The Morgan fingerprint density at radius 2 is 1.93 bits per heavy atom. The van der Waals surface area contributed by atoms with E-state index in [9.17, 15) is 4.39 Å². The SMILES string of the molecule is N[C@H]1CCC[C@@H]1Nc1ccc(F)cc1. The Morgan fingerprint density at radius 3 is 2.50 bits per heavy atom. The Bertz CT molecular complexity index is 297. The Balaban J connectivity index is 2.00. The van der Waals surface area contributed by atoms with Crippen molar-refractivity contribution in [3.8, 4) is 0 Å². The number of nitrogens with two attached hydrogens (primary N) is 1. The van der Waals surface area contributed by atoms with Gasteiger partial charge in [0.2, 0.25) is 0 Å². The van der Waals surface area contributed by atoms with E-state index < -0.39 is 0 Å². The highest BCUT2D eigenvalue weighted by Gasteiger charge is 2.23. The van der Waals surface area contributed by atoms with Crippen LogP contribution in [0.15, 0.2) is 24.3 Å². The highest BCUT2D eigenvalue weighted by molar-refractivity contribution is 5.44. The van der Waals surface area contributed by atoms with Crippen LogP contribution >= 0.6 is 0 Å². The zero-order valence-electron chi connectivity index (χ0n) is 8.04. The quantitative estimate of drug-likeness (QED) is 0.756. The van der Waals surface area contributed by atoms with Crippen LogP contribution in [0.1, 0.15) is 19.3 Å². The molecule has 3 N–H and O–H groups in total. The average Bonchev–Trinajstić information content (AvgIpc) is 2.56. The molecule has 2 atom stereocenters. The summed E-state index contributed by atoms with van der Waals surface area (Å²) in [5.74, 6) is -0.203. The molecule has 1 saturated carbocycles. The van der Waals surface area contributed by atoms with E-state index in [1.807, 2.05) is 0 Å². The van der Waals surface area contributed by atoms with Crippen LogP contribution in [-0.4, -0.2) is 12.1 Å². The van der Waals surface area contributed by atoms with Crippen molar-refractivity contribution >= 4 is 5.69 Å². The maximum absolute atomic E-state index is 12.6. The van der Waals surface area contributed by atoms with E-state index in [1.165, 1.54) is 18.6 Å². The fraction of sp³-hybridized carbons (Fsp3) is 0.455. The first-order valence-corrected chi connectivity index (χ1v) is 5.03. The molecule has 0 amide bonds. The molecule has 0 heterocycles. The Hall–Kier alpha value is -1.09. The lowest BCUT2D eigenvalue weighted by molar-refractivity contribution is 0.625. The summed E-state index contributed by atoms with van der Waals surface area (Å²) in [5.41, 5.74) is 6.87. The van der Waals surface area contributed by atoms with Gasteiger partial charge in [-0.2, -0.15) is 0 Å². The monoisotopic (exact) mass is 194 g/mol. The van der Waals surface area contributed by atoms with Crippen LogP contribution in [0.5, 0.6) is 0 Å². The molecule has 1 aromatic carbocycles. The molecule has 0 aromatic heterocycles. The molecule has 0 unspecified atom stereocenters. The first-order valence-electron chi connectivity index (χ1n) is 5.03. The third-order valence-corrected chi connectivity index (χ3v) is 2.77. The van der Waals surface area contributed by atoms with Gasteiger partial charge in [-0.05, 0) is 43.5 Å². The van der Waals surface area contributed by atoms with E-state index in [4.69, 9.17) is 5.73 Å². The van der Waals surface area contributed by atoms with Crippen molar-refractivity contribution in [2.24, 2.45) is 5.73 Å². The van der Waals surface area contributed by atoms with Crippen LogP contribution in [0.2, 0.25) is 0 Å². The molecule has 0 saturated heterocycles. The molecular weight excluding hydrogens is 179 g/mol. The van der Waals surface area contributed by atoms with E-state index >= 15 is 0 Å².